The molecule has 1 aromatic carbocycles. The van der Waals surface area contributed by atoms with Gasteiger partial charge in [-0.25, -0.2) is 8.42 Å². The van der Waals surface area contributed by atoms with Crippen LogP contribution in [0.5, 0.6) is 0 Å². The summed E-state index contributed by atoms with van der Waals surface area (Å²) in [5, 5.41) is 10.2. The third-order valence-electron chi connectivity index (χ3n) is 3.55. The van der Waals surface area contributed by atoms with Gasteiger partial charge in [-0.1, -0.05) is 11.6 Å². The van der Waals surface area contributed by atoms with Gasteiger partial charge in [-0.05, 0) is 43.2 Å². The number of hydrogen-bond donors (Lipinski definition) is 1. The van der Waals surface area contributed by atoms with E-state index in [2.05, 4.69) is 14.9 Å². The molecule has 1 aliphatic carbocycles. The molecule has 1 fully saturated rings. The minimum Gasteiger partial charge on any atom is -0.420 e. The maximum Gasteiger partial charge on any atom is 0.271 e. The maximum absolute atomic E-state index is 12.5. The van der Waals surface area contributed by atoms with E-state index in [0.29, 0.717) is 34.0 Å². The first-order valence-electron chi connectivity index (χ1n) is 7.22. The van der Waals surface area contributed by atoms with E-state index in [1.54, 1.807) is 29.6 Å². The maximum atomic E-state index is 12.5. The molecule has 2 aromatic heterocycles. The monoisotopic (exact) mass is 381 g/mol. The second-order valence-corrected chi connectivity index (χ2v) is 8.74. The number of sulfonamides is 1. The summed E-state index contributed by atoms with van der Waals surface area (Å²) in [4.78, 5) is 0. The van der Waals surface area contributed by atoms with Crippen molar-refractivity contribution in [3.63, 3.8) is 0 Å². The largest absolute Gasteiger partial charge is 0.420 e. The summed E-state index contributed by atoms with van der Waals surface area (Å²) in [6.45, 7) is 0. The lowest BCUT2D eigenvalue weighted by Gasteiger charge is -2.05. The normalized spacial score (nSPS) is 14.7. The molecule has 3 aromatic rings. The number of hydrogen-bond acceptors (Lipinski definition) is 6. The van der Waals surface area contributed by atoms with E-state index in [1.807, 2.05) is 0 Å². The predicted molar refractivity (Wildman–Crippen MR) is 91.8 cm³/mol. The summed E-state index contributed by atoms with van der Waals surface area (Å²) in [6, 6.07) is 7.99. The molecule has 0 aliphatic heterocycles. The van der Waals surface area contributed by atoms with Crippen LogP contribution in [0.1, 0.15) is 24.7 Å². The number of nitrogens with zero attached hydrogens (tertiary/aromatic N) is 2. The van der Waals surface area contributed by atoms with Gasteiger partial charge in [0, 0.05) is 22.0 Å². The molecule has 0 spiro atoms. The summed E-state index contributed by atoms with van der Waals surface area (Å²) in [5.74, 6) is 1.33. The van der Waals surface area contributed by atoms with Crippen molar-refractivity contribution in [3.05, 3.63) is 46.6 Å². The van der Waals surface area contributed by atoms with Crippen molar-refractivity contribution in [3.8, 4) is 11.5 Å². The molecule has 0 saturated heterocycles. The molecule has 0 amide bonds. The second-order valence-electron chi connectivity index (χ2n) is 5.49. The second kappa shape index (κ2) is 5.87. The fourth-order valence-electron chi connectivity index (χ4n) is 2.14. The highest BCUT2D eigenvalue weighted by molar-refractivity contribution is 7.94. The highest BCUT2D eigenvalue weighted by Gasteiger charge is 2.30. The van der Waals surface area contributed by atoms with Crippen LogP contribution in [-0.4, -0.2) is 18.6 Å². The van der Waals surface area contributed by atoms with Crippen molar-refractivity contribution in [2.75, 3.05) is 4.72 Å². The van der Waals surface area contributed by atoms with E-state index in [9.17, 15) is 8.42 Å². The van der Waals surface area contributed by atoms with Crippen LogP contribution in [0.3, 0.4) is 0 Å². The Labute approximate surface area is 147 Å². The number of halogens is 1. The van der Waals surface area contributed by atoms with Crippen LogP contribution >= 0.6 is 22.9 Å². The Kier molecular flexibility index (Phi) is 3.82. The minimum atomic E-state index is -3.67. The smallest absolute Gasteiger partial charge is 0.271 e. The quantitative estimate of drug-likeness (QED) is 0.718. The molecule has 124 valence electrons. The van der Waals surface area contributed by atoms with Crippen molar-refractivity contribution in [2.45, 2.75) is 23.0 Å². The van der Waals surface area contributed by atoms with E-state index in [0.717, 1.165) is 24.2 Å². The van der Waals surface area contributed by atoms with Gasteiger partial charge in [-0.15, -0.1) is 21.5 Å². The van der Waals surface area contributed by atoms with Gasteiger partial charge in [0.05, 0.1) is 5.56 Å². The van der Waals surface area contributed by atoms with E-state index in [1.165, 1.54) is 6.07 Å². The van der Waals surface area contributed by atoms with Crippen LogP contribution in [0.4, 0.5) is 5.69 Å². The first-order valence-corrected chi connectivity index (χ1v) is 9.96. The number of anilines is 1. The average molecular weight is 382 g/mol. The van der Waals surface area contributed by atoms with Crippen molar-refractivity contribution >= 4 is 38.6 Å². The average Bonchev–Trinajstić information content (AvgIpc) is 3.09. The zero-order chi connectivity index (χ0) is 16.7. The lowest BCUT2D eigenvalue weighted by Crippen LogP contribution is -2.11. The zero-order valence-electron chi connectivity index (χ0n) is 12.3. The minimum absolute atomic E-state index is 0.179. The Hall–Kier alpha value is -1.90. The van der Waals surface area contributed by atoms with Crippen LogP contribution in [-0.2, 0) is 10.0 Å². The van der Waals surface area contributed by atoms with Gasteiger partial charge in [0.25, 0.3) is 10.0 Å². The van der Waals surface area contributed by atoms with Crippen LogP contribution in [0, 0.1) is 0 Å². The first kappa shape index (κ1) is 15.6. The summed E-state index contributed by atoms with van der Waals surface area (Å²) >= 11 is 6.90. The Balaban J connectivity index is 1.57. The third-order valence-corrected chi connectivity index (χ3v) is 6.62. The Morgan fingerprint density at radius 2 is 1.96 bits per heavy atom. The molecule has 2 heterocycles. The van der Waals surface area contributed by atoms with Gasteiger partial charge < -0.3 is 4.42 Å². The molecule has 0 unspecified atom stereocenters. The summed E-state index contributed by atoms with van der Waals surface area (Å²) in [6.07, 6.45) is 2.13. The lowest BCUT2D eigenvalue weighted by molar-refractivity contribution is 0.508. The van der Waals surface area contributed by atoms with Gasteiger partial charge in [-0.2, -0.15) is 0 Å². The van der Waals surface area contributed by atoms with E-state index >= 15 is 0 Å². The molecule has 4 rings (SSSR count). The fraction of sp³-hybridized carbons (Fsp3) is 0.200. The molecule has 0 atom stereocenters. The zero-order valence-corrected chi connectivity index (χ0v) is 14.7. The molecule has 24 heavy (non-hydrogen) atoms. The summed E-state index contributed by atoms with van der Waals surface area (Å²) < 4.78 is 33.2. The number of thiophene rings is 1. The van der Waals surface area contributed by atoms with E-state index in [4.69, 9.17) is 16.0 Å². The van der Waals surface area contributed by atoms with Crippen LogP contribution < -0.4 is 4.72 Å². The standard InChI is InChI=1S/C15H12ClN3O3S2/c16-11-3-5-12(6-4-11)19-24(20,21)13-7-10(8-23-13)15-18-17-14(22-15)9-1-2-9/h3-9,19H,1-2H2. The van der Waals surface area contributed by atoms with Gasteiger partial charge in [0.15, 0.2) is 0 Å². The third kappa shape index (κ3) is 3.17. The van der Waals surface area contributed by atoms with Gasteiger partial charge in [-0.3, -0.25) is 4.72 Å². The number of rotatable bonds is 5. The Bertz CT molecular complexity index is 976. The number of benzene rings is 1. The van der Waals surface area contributed by atoms with E-state index in [-0.39, 0.29) is 4.21 Å². The predicted octanol–water partition coefficient (Wildman–Crippen LogP) is 4.13. The summed E-state index contributed by atoms with van der Waals surface area (Å²) in [5.41, 5.74) is 1.05. The van der Waals surface area contributed by atoms with Crippen LogP contribution in [0.15, 0.2) is 44.3 Å². The SMILES string of the molecule is O=S(=O)(Nc1ccc(Cl)cc1)c1cc(-c2nnc(C3CC3)o2)cs1. The van der Waals surface area contributed by atoms with Crippen molar-refractivity contribution < 1.29 is 12.8 Å². The van der Waals surface area contributed by atoms with Gasteiger partial charge >= 0.3 is 0 Å². The number of nitrogens with one attached hydrogen (secondary N) is 1. The molecule has 1 saturated carbocycles. The summed E-state index contributed by atoms with van der Waals surface area (Å²) in [7, 11) is -3.67. The molecular formula is C15H12ClN3O3S2. The highest BCUT2D eigenvalue weighted by atomic mass is 35.5. The van der Waals surface area contributed by atoms with Crippen LogP contribution in [0.2, 0.25) is 5.02 Å². The molecule has 9 heteroatoms. The first-order chi connectivity index (χ1) is 11.5. The Morgan fingerprint density at radius 3 is 2.67 bits per heavy atom. The topological polar surface area (TPSA) is 85.1 Å². The highest BCUT2D eigenvalue weighted by Crippen LogP contribution is 2.40. The molecule has 6 nitrogen and oxygen atoms in total. The molecule has 0 bridgehead atoms. The van der Waals surface area contributed by atoms with Gasteiger partial charge in [0.2, 0.25) is 11.8 Å². The molecule has 1 aliphatic rings. The van der Waals surface area contributed by atoms with Crippen molar-refractivity contribution in [1.29, 1.82) is 0 Å². The lowest BCUT2D eigenvalue weighted by atomic mass is 10.3. The van der Waals surface area contributed by atoms with E-state index < -0.39 is 10.0 Å². The van der Waals surface area contributed by atoms with Crippen LogP contribution in [0.25, 0.3) is 11.5 Å². The van der Waals surface area contributed by atoms with Crippen molar-refractivity contribution in [2.24, 2.45) is 0 Å². The van der Waals surface area contributed by atoms with Gasteiger partial charge in [0.1, 0.15) is 4.21 Å². The Morgan fingerprint density at radius 1 is 1.21 bits per heavy atom. The van der Waals surface area contributed by atoms with Crippen molar-refractivity contribution in [1.82, 2.24) is 10.2 Å². The number of aromatic nitrogens is 2. The molecular weight excluding hydrogens is 370 g/mol. The molecule has 1 N–H and O–H groups in total. The molecule has 0 radical (unpaired) electrons. The fourth-order valence-corrected chi connectivity index (χ4v) is 4.48.